The number of urea groups is 1. The second-order valence-electron chi connectivity index (χ2n) is 6.87. The van der Waals surface area contributed by atoms with E-state index in [2.05, 4.69) is 15.6 Å². The molecule has 2 heterocycles. The van der Waals surface area contributed by atoms with Gasteiger partial charge in [-0.3, -0.25) is 9.78 Å². The number of methoxy groups -OCH3 is 1. The molecule has 0 saturated carbocycles. The van der Waals surface area contributed by atoms with Crippen LogP contribution in [-0.4, -0.2) is 54.7 Å². The van der Waals surface area contributed by atoms with Crippen molar-refractivity contribution in [2.75, 3.05) is 32.1 Å². The van der Waals surface area contributed by atoms with Gasteiger partial charge in [0.1, 0.15) is 0 Å². The van der Waals surface area contributed by atoms with Gasteiger partial charge in [0, 0.05) is 37.8 Å². The highest BCUT2D eigenvalue weighted by Crippen LogP contribution is 2.25. The number of fused-ring (bicyclic) bond motifs is 1. The minimum Gasteiger partial charge on any atom is -0.383 e. The molecule has 27 heavy (non-hydrogen) atoms. The van der Waals surface area contributed by atoms with Gasteiger partial charge < -0.3 is 20.3 Å². The first-order valence-corrected chi connectivity index (χ1v) is 9.28. The highest BCUT2D eigenvalue weighted by atomic mass is 16.5. The predicted octanol–water partition coefficient (Wildman–Crippen LogP) is 2.63. The monoisotopic (exact) mass is 370 g/mol. The number of amides is 3. The van der Waals surface area contributed by atoms with Crippen LogP contribution in [0.25, 0.3) is 10.9 Å². The van der Waals surface area contributed by atoms with E-state index in [4.69, 9.17) is 4.74 Å². The number of hydrogen-bond donors (Lipinski definition) is 2. The van der Waals surface area contributed by atoms with Crippen molar-refractivity contribution < 1.29 is 14.3 Å². The number of hydrogen-bond acceptors (Lipinski definition) is 4. The largest absolute Gasteiger partial charge is 0.383 e. The normalized spacial score (nSPS) is 19.7. The first-order chi connectivity index (χ1) is 13.1. The number of anilines is 1. The zero-order valence-electron chi connectivity index (χ0n) is 15.8. The summed E-state index contributed by atoms with van der Waals surface area (Å²) in [4.78, 5) is 31.3. The van der Waals surface area contributed by atoms with Crippen LogP contribution in [0.2, 0.25) is 0 Å². The van der Waals surface area contributed by atoms with Crippen molar-refractivity contribution in [2.45, 2.75) is 25.8 Å². The number of carbonyl (C=O) groups is 2. The standard InChI is InChI=1S/C20H26N4O3/c1-14-8-9-16(19(25)22-11-12-27-2)13-24(14)20(26)23-17-7-3-5-15-6-4-10-21-18(15)17/h3-7,10,14,16H,8-9,11-13H2,1-2H3,(H,22,25)(H,23,26). The molecule has 1 aromatic carbocycles. The van der Waals surface area contributed by atoms with Crippen molar-refractivity contribution in [1.29, 1.82) is 0 Å². The predicted molar refractivity (Wildman–Crippen MR) is 105 cm³/mol. The van der Waals surface area contributed by atoms with Gasteiger partial charge in [-0.25, -0.2) is 4.79 Å². The van der Waals surface area contributed by atoms with E-state index >= 15 is 0 Å². The van der Waals surface area contributed by atoms with E-state index in [1.54, 1.807) is 18.2 Å². The summed E-state index contributed by atoms with van der Waals surface area (Å²) in [5.74, 6) is -0.224. The van der Waals surface area contributed by atoms with Gasteiger partial charge in [0.15, 0.2) is 0 Å². The van der Waals surface area contributed by atoms with Gasteiger partial charge in [-0.1, -0.05) is 18.2 Å². The maximum absolute atomic E-state index is 12.9. The van der Waals surface area contributed by atoms with E-state index in [-0.39, 0.29) is 23.9 Å². The Morgan fingerprint density at radius 3 is 2.89 bits per heavy atom. The fraction of sp³-hybridized carbons (Fsp3) is 0.450. The first kappa shape index (κ1) is 19.1. The second kappa shape index (κ2) is 8.81. The lowest BCUT2D eigenvalue weighted by atomic mass is 9.93. The molecule has 7 nitrogen and oxygen atoms in total. The van der Waals surface area contributed by atoms with Crippen LogP contribution in [-0.2, 0) is 9.53 Å². The molecule has 0 bridgehead atoms. The smallest absolute Gasteiger partial charge is 0.322 e. The number of piperidine rings is 1. The summed E-state index contributed by atoms with van der Waals surface area (Å²) in [5, 5.41) is 6.81. The van der Waals surface area contributed by atoms with Crippen molar-refractivity contribution in [2.24, 2.45) is 5.92 Å². The number of nitrogens with zero attached hydrogens (tertiary/aromatic N) is 2. The van der Waals surface area contributed by atoms with Crippen LogP contribution in [0.3, 0.4) is 0 Å². The van der Waals surface area contributed by atoms with Crippen LogP contribution < -0.4 is 10.6 Å². The molecule has 2 unspecified atom stereocenters. The van der Waals surface area contributed by atoms with Gasteiger partial charge in [-0.05, 0) is 31.9 Å². The van der Waals surface area contributed by atoms with Gasteiger partial charge in [-0.15, -0.1) is 0 Å². The van der Waals surface area contributed by atoms with Crippen LogP contribution in [0.4, 0.5) is 10.5 Å². The van der Waals surface area contributed by atoms with Crippen LogP contribution >= 0.6 is 0 Å². The fourth-order valence-corrected chi connectivity index (χ4v) is 3.42. The third kappa shape index (κ3) is 4.54. The van der Waals surface area contributed by atoms with Crippen LogP contribution in [0, 0.1) is 5.92 Å². The quantitative estimate of drug-likeness (QED) is 0.793. The summed E-state index contributed by atoms with van der Waals surface area (Å²) >= 11 is 0. The average molecular weight is 370 g/mol. The molecule has 1 saturated heterocycles. The van der Waals surface area contributed by atoms with E-state index in [1.807, 2.05) is 37.3 Å². The van der Waals surface area contributed by atoms with Gasteiger partial charge in [-0.2, -0.15) is 0 Å². The van der Waals surface area contributed by atoms with Crippen molar-refractivity contribution >= 4 is 28.5 Å². The molecule has 0 spiro atoms. The van der Waals surface area contributed by atoms with E-state index in [0.29, 0.717) is 25.4 Å². The number of pyridine rings is 1. The molecular weight excluding hydrogens is 344 g/mol. The molecule has 0 aliphatic carbocycles. The summed E-state index contributed by atoms with van der Waals surface area (Å²) in [6.45, 7) is 3.38. The van der Waals surface area contributed by atoms with Crippen molar-refractivity contribution in [3.63, 3.8) is 0 Å². The number of aromatic nitrogens is 1. The molecule has 1 aliphatic rings. The van der Waals surface area contributed by atoms with Gasteiger partial charge >= 0.3 is 6.03 Å². The number of nitrogens with one attached hydrogen (secondary N) is 2. The number of para-hydroxylation sites is 1. The lowest BCUT2D eigenvalue weighted by Gasteiger charge is -2.37. The molecule has 7 heteroatoms. The summed E-state index contributed by atoms with van der Waals surface area (Å²) < 4.78 is 4.96. The average Bonchev–Trinajstić information content (AvgIpc) is 2.68. The lowest BCUT2D eigenvalue weighted by Crippen LogP contribution is -2.51. The Morgan fingerprint density at radius 1 is 1.26 bits per heavy atom. The number of likely N-dealkylation sites (tertiary alicyclic amines) is 1. The van der Waals surface area contributed by atoms with Gasteiger partial charge in [0.05, 0.1) is 23.7 Å². The molecule has 3 rings (SSSR count). The molecule has 1 aliphatic heterocycles. The number of rotatable bonds is 5. The Kier molecular flexibility index (Phi) is 6.24. The van der Waals surface area contributed by atoms with Crippen LogP contribution in [0.5, 0.6) is 0 Å². The molecule has 144 valence electrons. The van der Waals surface area contributed by atoms with E-state index in [1.165, 1.54) is 0 Å². The molecule has 1 aromatic heterocycles. The Hall–Kier alpha value is -2.67. The zero-order chi connectivity index (χ0) is 19.2. The van der Waals surface area contributed by atoms with E-state index in [9.17, 15) is 9.59 Å². The van der Waals surface area contributed by atoms with Crippen molar-refractivity contribution in [3.8, 4) is 0 Å². The van der Waals surface area contributed by atoms with Gasteiger partial charge in [0.2, 0.25) is 5.91 Å². The third-order valence-electron chi connectivity index (χ3n) is 4.99. The summed E-state index contributed by atoms with van der Waals surface area (Å²) in [6.07, 6.45) is 3.28. The van der Waals surface area contributed by atoms with Crippen LogP contribution in [0.15, 0.2) is 36.5 Å². The highest BCUT2D eigenvalue weighted by Gasteiger charge is 2.32. The van der Waals surface area contributed by atoms with E-state index < -0.39 is 0 Å². The Morgan fingerprint density at radius 2 is 2.07 bits per heavy atom. The fourth-order valence-electron chi connectivity index (χ4n) is 3.42. The summed E-state index contributed by atoms with van der Waals surface area (Å²) in [5.41, 5.74) is 1.43. The maximum Gasteiger partial charge on any atom is 0.322 e. The Bertz CT molecular complexity index is 805. The second-order valence-corrected chi connectivity index (χ2v) is 6.87. The topological polar surface area (TPSA) is 83.6 Å². The Labute approximate surface area is 159 Å². The van der Waals surface area contributed by atoms with Crippen molar-refractivity contribution in [3.05, 3.63) is 36.5 Å². The number of benzene rings is 1. The molecule has 2 aromatic rings. The number of carbonyl (C=O) groups excluding carboxylic acids is 2. The van der Waals surface area contributed by atoms with Crippen LogP contribution in [0.1, 0.15) is 19.8 Å². The first-order valence-electron chi connectivity index (χ1n) is 9.28. The SMILES string of the molecule is COCCNC(=O)C1CCC(C)N(C(=O)Nc2cccc3cccnc23)C1. The summed E-state index contributed by atoms with van der Waals surface area (Å²) in [7, 11) is 1.60. The lowest BCUT2D eigenvalue weighted by molar-refractivity contribution is -0.126. The molecule has 2 atom stereocenters. The Balaban J connectivity index is 1.68. The minimum atomic E-state index is -0.200. The van der Waals surface area contributed by atoms with Crippen molar-refractivity contribution in [1.82, 2.24) is 15.2 Å². The van der Waals surface area contributed by atoms with Gasteiger partial charge in [0.25, 0.3) is 0 Å². The highest BCUT2D eigenvalue weighted by molar-refractivity contribution is 5.99. The maximum atomic E-state index is 12.9. The minimum absolute atomic E-state index is 0.0245. The van der Waals surface area contributed by atoms with E-state index in [0.717, 1.165) is 23.7 Å². The molecule has 3 amide bonds. The number of ether oxygens (including phenoxy) is 1. The molecular formula is C20H26N4O3. The molecule has 0 radical (unpaired) electrons. The molecule has 2 N–H and O–H groups in total. The zero-order valence-corrected chi connectivity index (χ0v) is 15.8. The third-order valence-corrected chi connectivity index (χ3v) is 4.99. The summed E-state index contributed by atoms with van der Waals surface area (Å²) in [6, 6.07) is 9.41. The molecule has 1 fully saturated rings.